The van der Waals surface area contributed by atoms with Gasteiger partial charge in [0.1, 0.15) is 28.8 Å². The van der Waals surface area contributed by atoms with Crippen LogP contribution >= 0.6 is 0 Å². The van der Waals surface area contributed by atoms with Crippen LogP contribution in [0.25, 0.3) is 0 Å². The minimum atomic E-state index is -0.734. The van der Waals surface area contributed by atoms with E-state index in [-0.39, 0.29) is 23.1 Å². The molecule has 27 heavy (non-hydrogen) atoms. The van der Waals surface area contributed by atoms with Gasteiger partial charge in [-0.25, -0.2) is 18.7 Å². The average molecular weight is 366 g/mol. The summed E-state index contributed by atoms with van der Waals surface area (Å²) in [7, 11) is 0. The van der Waals surface area contributed by atoms with Gasteiger partial charge < -0.3 is 10.2 Å². The molecule has 0 unspecified atom stereocenters. The van der Waals surface area contributed by atoms with Crippen molar-refractivity contribution in [3.8, 4) is 0 Å². The predicted molar refractivity (Wildman–Crippen MR) is 98.1 cm³/mol. The Labute approximate surface area is 154 Å². The van der Waals surface area contributed by atoms with Gasteiger partial charge in [-0.05, 0) is 36.6 Å². The van der Waals surface area contributed by atoms with E-state index in [0.717, 1.165) is 36.2 Å². The number of amides is 1. The molecule has 1 amide bonds. The number of aromatic nitrogens is 2. The van der Waals surface area contributed by atoms with Crippen LogP contribution in [0.3, 0.4) is 0 Å². The lowest BCUT2D eigenvalue weighted by Gasteiger charge is -2.29. The first kappa shape index (κ1) is 17.1. The molecule has 0 saturated heterocycles. The maximum atomic E-state index is 13.7. The van der Waals surface area contributed by atoms with Gasteiger partial charge in [-0.2, -0.15) is 0 Å². The van der Waals surface area contributed by atoms with E-state index >= 15 is 0 Å². The molecule has 2 aromatic carbocycles. The zero-order chi connectivity index (χ0) is 18.8. The SMILES string of the molecule is O=C(c1cnc(Nc2c(F)cccc2F)cn1)N1CCCc2ccccc21. The molecule has 1 aromatic heterocycles. The number of aryl methyl sites for hydroxylation is 1. The first-order valence-electron chi connectivity index (χ1n) is 8.56. The maximum absolute atomic E-state index is 13.7. The Balaban J connectivity index is 1.55. The number of halogens is 2. The first-order chi connectivity index (χ1) is 13.1. The second-order valence-electron chi connectivity index (χ2n) is 6.20. The third kappa shape index (κ3) is 3.36. The molecule has 4 rings (SSSR count). The van der Waals surface area contributed by atoms with Crippen LogP contribution in [0.5, 0.6) is 0 Å². The van der Waals surface area contributed by atoms with Crippen LogP contribution in [-0.4, -0.2) is 22.4 Å². The van der Waals surface area contributed by atoms with Crippen molar-refractivity contribution in [2.75, 3.05) is 16.8 Å². The molecule has 0 atom stereocenters. The normalized spacial score (nSPS) is 13.2. The summed E-state index contributed by atoms with van der Waals surface area (Å²) in [6.45, 7) is 0.609. The molecular weight excluding hydrogens is 350 g/mol. The fourth-order valence-electron chi connectivity index (χ4n) is 3.13. The molecule has 1 N–H and O–H groups in total. The van der Waals surface area contributed by atoms with Crippen molar-refractivity contribution in [1.29, 1.82) is 0 Å². The van der Waals surface area contributed by atoms with E-state index in [9.17, 15) is 13.6 Å². The van der Waals surface area contributed by atoms with E-state index in [4.69, 9.17) is 0 Å². The molecule has 5 nitrogen and oxygen atoms in total. The highest BCUT2D eigenvalue weighted by Crippen LogP contribution is 2.28. The molecule has 1 aliphatic heterocycles. The summed E-state index contributed by atoms with van der Waals surface area (Å²) < 4.78 is 27.4. The molecule has 0 fully saturated rings. The number of carbonyl (C=O) groups is 1. The van der Waals surface area contributed by atoms with E-state index in [2.05, 4.69) is 15.3 Å². The van der Waals surface area contributed by atoms with E-state index in [1.807, 2.05) is 24.3 Å². The van der Waals surface area contributed by atoms with Crippen molar-refractivity contribution in [1.82, 2.24) is 9.97 Å². The summed E-state index contributed by atoms with van der Waals surface area (Å²) in [5, 5.41) is 2.55. The second-order valence-corrected chi connectivity index (χ2v) is 6.20. The summed E-state index contributed by atoms with van der Waals surface area (Å²) in [4.78, 5) is 22.7. The second kappa shape index (κ2) is 7.11. The van der Waals surface area contributed by atoms with E-state index < -0.39 is 11.6 Å². The van der Waals surface area contributed by atoms with Crippen molar-refractivity contribution in [2.45, 2.75) is 12.8 Å². The standard InChI is InChI=1S/C20H16F2N4O/c21-14-7-3-8-15(22)19(14)25-18-12-23-16(11-24-18)20(27)26-10-4-6-13-5-1-2-9-17(13)26/h1-3,5,7-9,11-12H,4,6,10H2,(H,24,25). The fourth-order valence-corrected chi connectivity index (χ4v) is 3.13. The van der Waals surface area contributed by atoms with Crippen LogP contribution in [0.2, 0.25) is 0 Å². The van der Waals surface area contributed by atoms with Gasteiger partial charge in [0.25, 0.3) is 5.91 Å². The Morgan fingerprint density at radius 2 is 1.78 bits per heavy atom. The highest BCUT2D eigenvalue weighted by molar-refractivity contribution is 6.05. The first-order valence-corrected chi connectivity index (χ1v) is 8.56. The smallest absolute Gasteiger partial charge is 0.278 e. The highest BCUT2D eigenvalue weighted by Gasteiger charge is 2.24. The Morgan fingerprint density at radius 1 is 1.00 bits per heavy atom. The van der Waals surface area contributed by atoms with Gasteiger partial charge in [0.05, 0.1) is 12.4 Å². The number of nitrogens with zero attached hydrogens (tertiary/aromatic N) is 3. The minimum Gasteiger partial charge on any atom is -0.334 e. The van der Waals surface area contributed by atoms with Gasteiger partial charge in [0, 0.05) is 12.2 Å². The van der Waals surface area contributed by atoms with Gasteiger partial charge in [0.2, 0.25) is 0 Å². The van der Waals surface area contributed by atoms with E-state index in [0.29, 0.717) is 6.54 Å². The molecule has 1 aliphatic rings. The number of hydrogen-bond acceptors (Lipinski definition) is 4. The highest BCUT2D eigenvalue weighted by atomic mass is 19.1. The molecule has 136 valence electrons. The summed E-state index contributed by atoms with van der Waals surface area (Å²) in [5.41, 5.74) is 1.87. The summed E-state index contributed by atoms with van der Waals surface area (Å²) in [6.07, 6.45) is 4.40. The van der Waals surface area contributed by atoms with Crippen LogP contribution in [0.4, 0.5) is 26.0 Å². The number of carbonyl (C=O) groups excluding carboxylic acids is 1. The van der Waals surface area contributed by atoms with Crippen molar-refractivity contribution in [3.63, 3.8) is 0 Å². The summed E-state index contributed by atoms with van der Waals surface area (Å²) in [6, 6.07) is 11.3. The van der Waals surface area contributed by atoms with Gasteiger partial charge in [-0.3, -0.25) is 4.79 Å². The largest absolute Gasteiger partial charge is 0.334 e. The number of nitrogens with one attached hydrogen (secondary N) is 1. The van der Waals surface area contributed by atoms with Gasteiger partial charge in [-0.1, -0.05) is 24.3 Å². The minimum absolute atomic E-state index is 0.148. The van der Waals surface area contributed by atoms with Crippen LogP contribution in [0, 0.1) is 11.6 Å². The Hall–Kier alpha value is -3.35. The number of anilines is 3. The zero-order valence-corrected chi connectivity index (χ0v) is 14.3. The summed E-state index contributed by atoms with van der Waals surface area (Å²) >= 11 is 0. The molecule has 0 saturated carbocycles. The molecule has 0 bridgehead atoms. The van der Waals surface area contributed by atoms with Crippen LogP contribution < -0.4 is 10.2 Å². The van der Waals surface area contributed by atoms with Crippen LogP contribution in [-0.2, 0) is 6.42 Å². The predicted octanol–water partition coefficient (Wildman–Crippen LogP) is 4.09. The lowest BCUT2D eigenvalue weighted by atomic mass is 10.0. The quantitative estimate of drug-likeness (QED) is 0.758. The van der Waals surface area contributed by atoms with Gasteiger partial charge in [-0.15, -0.1) is 0 Å². The molecule has 3 aromatic rings. The lowest BCUT2D eigenvalue weighted by Crippen LogP contribution is -2.36. The third-order valence-electron chi connectivity index (χ3n) is 4.44. The number of hydrogen-bond donors (Lipinski definition) is 1. The van der Waals surface area contributed by atoms with Gasteiger partial charge in [0.15, 0.2) is 0 Å². The third-order valence-corrected chi connectivity index (χ3v) is 4.44. The van der Waals surface area contributed by atoms with Crippen molar-refractivity contribution in [2.24, 2.45) is 0 Å². The maximum Gasteiger partial charge on any atom is 0.278 e. The van der Waals surface area contributed by atoms with Gasteiger partial charge >= 0.3 is 0 Å². The Kier molecular flexibility index (Phi) is 4.50. The van der Waals surface area contributed by atoms with E-state index in [1.165, 1.54) is 18.5 Å². The topological polar surface area (TPSA) is 58.1 Å². The summed E-state index contributed by atoms with van der Waals surface area (Å²) in [5.74, 6) is -1.57. The lowest BCUT2D eigenvalue weighted by molar-refractivity contribution is 0.0980. The van der Waals surface area contributed by atoms with Crippen molar-refractivity contribution in [3.05, 3.63) is 77.8 Å². The average Bonchev–Trinajstić information content (AvgIpc) is 2.70. The van der Waals surface area contributed by atoms with Crippen molar-refractivity contribution < 1.29 is 13.6 Å². The number of fused-ring (bicyclic) bond motifs is 1. The number of para-hydroxylation sites is 2. The molecule has 7 heteroatoms. The fraction of sp³-hybridized carbons (Fsp3) is 0.150. The Morgan fingerprint density at radius 3 is 2.52 bits per heavy atom. The van der Waals surface area contributed by atoms with Crippen LogP contribution in [0.15, 0.2) is 54.9 Å². The van der Waals surface area contributed by atoms with Crippen LogP contribution in [0.1, 0.15) is 22.5 Å². The monoisotopic (exact) mass is 366 g/mol. The molecule has 0 aliphatic carbocycles. The molecular formula is C20H16F2N4O. The van der Waals surface area contributed by atoms with Crippen molar-refractivity contribution >= 4 is 23.1 Å². The number of rotatable bonds is 3. The molecule has 0 spiro atoms. The molecule has 0 radical (unpaired) electrons. The zero-order valence-electron chi connectivity index (χ0n) is 14.3. The molecule has 2 heterocycles. The Bertz CT molecular complexity index is 971. The number of benzene rings is 2. The van der Waals surface area contributed by atoms with E-state index in [1.54, 1.807) is 4.90 Å².